The van der Waals surface area contributed by atoms with Crippen molar-refractivity contribution in [2.24, 2.45) is 0 Å². The number of Topliss-reactive ketones (excluding diaryl/α,β-unsaturated/α-hetero) is 2. The zero-order valence-electron chi connectivity index (χ0n) is 7.65. The third kappa shape index (κ3) is 1.37. The monoisotopic (exact) mass is 268 g/mol. The third-order valence-corrected chi connectivity index (χ3v) is 2.66. The van der Waals surface area contributed by atoms with Gasteiger partial charge in [-0.15, -0.1) is 0 Å². The second-order valence-electron chi connectivity index (χ2n) is 2.76. The van der Waals surface area contributed by atoms with Crippen LogP contribution in [0.1, 0.15) is 21.0 Å². The molecule has 0 bridgehead atoms. The molecule has 0 fully saturated rings. The number of hydrogen-bond acceptors (Lipinski definition) is 5. The Morgan fingerprint density at radius 1 is 1.13 bits per heavy atom. The van der Waals surface area contributed by atoms with Crippen LogP contribution in [0.4, 0.5) is 0 Å². The molecule has 0 N–H and O–H groups in total. The smallest absolute Gasteiger partial charge is 0.249 e. The number of carbonyl (C=O) groups is 2. The van der Waals surface area contributed by atoms with Crippen LogP contribution in [-0.4, -0.2) is 28.6 Å². The molecule has 0 saturated heterocycles. The quantitative estimate of drug-likeness (QED) is 0.763. The molecule has 1 aliphatic carbocycles. The highest BCUT2D eigenvalue weighted by Gasteiger charge is 2.34. The minimum absolute atomic E-state index is 0.0301. The van der Waals surface area contributed by atoms with Gasteiger partial charge in [0.1, 0.15) is 15.9 Å². The van der Waals surface area contributed by atoms with E-state index >= 15 is 0 Å². The van der Waals surface area contributed by atoms with Gasteiger partial charge in [-0.05, 0) is 15.9 Å². The van der Waals surface area contributed by atoms with Crippen LogP contribution in [0.2, 0.25) is 0 Å². The van der Waals surface area contributed by atoms with Gasteiger partial charge in [-0.2, -0.15) is 0 Å². The molecule has 0 aromatic carbocycles. The van der Waals surface area contributed by atoms with Crippen molar-refractivity contribution in [2.45, 2.75) is 0 Å². The summed E-state index contributed by atoms with van der Waals surface area (Å²) in [5.74, 6) is -0.866. The van der Waals surface area contributed by atoms with Gasteiger partial charge in [0.25, 0.3) is 0 Å². The van der Waals surface area contributed by atoms with E-state index in [0.717, 1.165) is 0 Å². The van der Waals surface area contributed by atoms with Gasteiger partial charge in [0, 0.05) is 12.4 Å². The zero-order valence-corrected chi connectivity index (χ0v) is 9.24. The zero-order chi connectivity index (χ0) is 11.0. The highest BCUT2D eigenvalue weighted by atomic mass is 79.9. The molecule has 0 aliphatic heterocycles. The SMILES string of the molecule is COC1=C(Br)C(=O)c2nccnc2C1=O. The predicted octanol–water partition coefficient (Wildman–Crippen LogP) is 1.11. The summed E-state index contributed by atoms with van der Waals surface area (Å²) >= 11 is 3.01. The molecule has 1 heterocycles. The molecule has 1 aliphatic rings. The molecule has 0 unspecified atom stereocenters. The van der Waals surface area contributed by atoms with Crippen molar-refractivity contribution in [1.29, 1.82) is 0 Å². The van der Waals surface area contributed by atoms with Crippen molar-refractivity contribution >= 4 is 27.5 Å². The summed E-state index contributed by atoms with van der Waals surface area (Å²) in [4.78, 5) is 31.1. The average Bonchev–Trinajstić information content (AvgIpc) is 2.27. The molecular weight excluding hydrogens is 264 g/mol. The molecule has 0 amide bonds. The Balaban J connectivity index is 2.68. The largest absolute Gasteiger partial charge is 0.491 e. The molecule has 0 spiro atoms. The van der Waals surface area contributed by atoms with Crippen LogP contribution in [0.5, 0.6) is 0 Å². The van der Waals surface area contributed by atoms with E-state index in [1.807, 2.05) is 0 Å². The Hall–Kier alpha value is -1.56. The van der Waals surface area contributed by atoms with Crippen molar-refractivity contribution in [3.63, 3.8) is 0 Å². The molecule has 6 heteroatoms. The number of aromatic nitrogens is 2. The Bertz CT molecular complexity index is 496. The van der Waals surface area contributed by atoms with E-state index in [1.165, 1.54) is 19.5 Å². The molecule has 0 atom stereocenters. The third-order valence-electron chi connectivity index (χ3n) is 1.94. The molecular formula is C9H5BrN2O3. The number of halogens is 1. The maximum atomic E-state index is 11.7. The number of carbonyl (C=O) groups excluding carboxylic acids is 2. The number of methoxy groups -OCH3 is 1. The molecule has 5 nitrogen and oxygen atoms in total. The van der Waals surface area contributed by atoms with E-state index < -0.39 is 11.6 Å². The molecule has 0 saturated carbocycles. The first-order valence-electron chi connectivity index (χ1n) is 4.01. The summed E-state index contributed by atoms with van der Waals surface area (Å²) < 4.78 is 4.92. The van der Waals surface area contributed by atoms with Gasteiger partial charge < -0.3 is 4.74 Å². The van der Waals surface area contributed by atoms with Crippen LogP contribution in [0.15, 0.2) is 22.6 Å². The Kier molecular flexibility index (Phi) is 2.36. The Labute approximate surface area is 93.3 Å². The normalized spacial score (nSPS) is 15.3. The lowest BCUT2D eigenvalue weighted by molar-refractivity contribution is 0.0906. The van der Waals surface area contributed by atoms with Crippen molar-refractivity contribution in [3.8, 4) is 0 Å². The fraction of sp³-hybridized carbons (Fsp3) is 0.111. The molecule has 76 valence electrons. The summed E-state index contributed by atoms with van der Waals surface area (Å²) in [6.07, 6.45) is 2.72. The topological polar surface area (TPSA) is 69.2 Å². The maximum absolute atomic E-state index is 11.7. The van der Waals surface area contributed by atoms with Gasteiger partial charge in [-0.3, -0.25) is 9.59 Å². The van der Waals surface area contributed by atoms with Crippen molar-refractivity contribution in [2.75, 3.05) is 7.11 Å². The van der Waals surface area contributed by atoms with Gasteiger partial charge in [0.05, 0.1) is 7.11 Å². The number of hydrogen-bond donors (Lipinski definition) is 0. The average molecular weight is 269 g/mol. The van der Waals surface area contributed by atoms with Crippen LogP contribution in [0, 0.1) is 0 Å². The van der Waals surface area contributed by atoms with Crippen LogP contribution >= 0.6 is 15.9 Å². The fourth-order valence-electron chi connectivity index (χ4n) is 1.27. The van der Waals surface area contributed by atoms with Gasteiger partial charge in [0.2, 0.25) is 11.6 Å². The van der Waals surface area contributed by atoms with Crippen molar-refractivity contribution in [1.82, 2.24) is 9.97 Å². The fourth-order valence-corrected chi connectivity index (χ4v) is 1.80. The summed E-state index contributed by atoms with van der Waals surface area (Å²) in [7, 11) is 1.32. The van der Waals surface area contributed by atoms with Crippen LogP contribution in [0.25, 0.3) is 0 Å². The van der Waals surface area contributed by atoms with E-state index in [9.17, 15) is 9.59 Å². The van der Waals surface area contributed by atoms with Crippen LogP contribution in [-0.2, 0) is 4.74 Å². The van der Waals surface area contributed by atoms with Gasteiger partial charge in [0.15, 0.2) is 5.76 Å². The van der Waals surface area contributed by atoms with Crippen molar-refractivity contribution < 1.29 is 14.3 Å². The van der Waals surface area contributed by atoms with Gasteiger partial charge in [-0.1, -0.05) is 0 Å². The number of nitrogens with zero attached hydrogens (tertiary/aromatic N) is 2. The summed E-state index contributed by atoms with van der Waals surface area (Å²) in [5, 5.41) is 0. The first-order chi connectivity index (χ1) is 7.16. The summed E-state index contributed by atoms with van der Waals surface area (Å²) in [6.45, 7) is 0. The van der Waals surface area contributed by atoms with E-state index in [4.69, 9.17) is 4.74 Å². The number of fused-ring (bicyclic) bond motifs is 1. The summed E-state index contributed by atoms with van der Waals surface area (Å²) in [6, 6.07) is 0. The molecule has 1 aromatic heterocycles. The Morgan fingerprint density at radius 2 is 1.67 bits per heavy atom. The van der Waals surface area contributed by atoms with E-state index in [0.29, 0.717) is 0 Å². The van der Waals surface area contributed by atoms with E-state index in [1.54, 1.807) is 0 Å². The Morgan fingerprint density at radius 3 is 2.20 bits per heavy atom. The minimum Gasteiger partial charge on any atom is -0.491 e. The highest BCUT2D eigenvalue weighted by Crippen LogP contribution is 2.27. The predicted molar refractivity (Wildman–Crippen MR) is 53.7 cm³/mol. The summed E-state index contributed by atoms with van der Waals surface area (Å²) in [5.41, 5.74) is 0.0812. The lowest BCUT2D eigenvalue weighted by Crippen LogP contribution is -2.23. The van der Waals surface area contributed by atoms with Crippen LogP contribution < -0.4 is 0 Å². The van der Waals surface area contributed by atoms with Gasteiger partial charge >= 0.3 is 0 Å². The maximum Gasteiger partial charge on any atom is 0.249 e. The molecule has 2 rings (SSSR count). The minimum atomic E-state index is -0.438. The molecule has 0 radical (unpaired) electrons. The van der Waals surface area contributed by atoms with Crippen LogP contribution in [0.3, 0.4) is 0 Å². The lowest BCUT2D eigenvalue weighted by atomic mass is 10.0. The number of allylic oxidation sites excluding steroid dienone is 2. The number of rotatable bonds is 1. The number of ketones is 2. The standard InChI is InChI=1S/C9H5BrN2O3/c1-15-9-4(10)7(13)5-6(8(9)14)12-3-2-11-5/h2-3H,1H3. The first-order valence-corrected chi connectivity index (χ1v) is 4.80. The lowest BCUT2D eigenvalue weighted by Gasteiger charge is -2.14. The second kappa shape index (κ2) is 3.54. The van der Waals surface area contributed by atoms with E-state index in [-0.39, 0.29) is 21.6 Å². The highest BCUT2D eigenvalue weighted by molar-refractivity contribution is 9.12. The first kappa shape index (κ1) is 9.97. The number of ether oxygens (including phenoxy) is 1. The van der Waals surface area contributed by atoms with E-state index in [2.05, 4.69) is 25.9 Å². The molecule has 1 aromatic rings. The van der Waals surface area contributed by atoms with Gasteiger partial charge in [-0.25, -0.2) is 9.97 Å². The second-order valence-corrected chi connectivity index (χ2v) is 3.55. The molecule has 15 heavy (non-hydrogen) atoms. The van der Waals surface area contributed by atoms with Crippen molar-refractivity contribution in [3.05, 3.63) is 34.0 Å².